The molecule has 2 aromatic carbocycles. The Labute approximate surface area is 194 Å². The molecule has 33 heavy (non-hydrogen) atoms. The third-order valence-electron chi connectivity index (χ3n) is 4.92. The first-order valence-corrected chi connectivity index (χ1v) is 12.1. The SMILES string of the molecule is CCN(CC)S(=O)(=O)c1ccc(C2=N/C(=C\c3ccc(OC(C)C)c(OC)c3)C(=O)O2)cc1. The van der Waals surface area contributed by atoms with Gasteiger partial charge in [0.2, 0.25) is 15.9 Å². The molecule has 0 unspecified atom stereocenters. The van der Waals surface area contributed by atoms with E-state index in [2.05, 4.69) is 4.99 Å². The lowest BCUT2D eigenvalue weighted by molar-refractivity contribution is -0.129. The standard InChI is InChI=1S/C24H28N2O6S/c1-6-26(7-2)33(28,29)19-11-9-18(10-12-19)23-25-20(24(27)32-23)14-17-8-13-21(31-16(3)4)22(15-17)30-5/h8-16H,6-7H2,1-5H3/b20-14-. The molecule has 0 saturated carbocycles. The molecule has 0 spiro atoms. The number of cyclic esters (lactones) is 1. The van der Waals surface area contributed by atoms with E-state index in [1.807, 2.05) is 13.8 Å². The Bertz CT molecular complexity index is 1180. The highest BCUT2D eigenvalue weighted by Crippen LogP contribution is 2.30. The van der Waals surface area contributed by atoms with Crippen LogP contribution in [0, 0.1) is 0 Å². The van der Waals surface area contributed by atoms with Crippen LogP contribution < -0.4 is 9.47 Å². The summed E-state index contributed by atoms with van der Waals surface area (Å²) < 4.78 is 43.1. The summed E-state index contributed by atoms with van der Waals surface area (Å²) in [5.74, 6) is 0.669. The summed E-state index contributed by atoms with van der Waals surface area (Å²) in [6, 6.07) is 11.4. The lowest BCUT2D eigenvalue weighted by Crippen LogP contribution is -2.30. The quantitative estimate of drug-likeness (QED) is 0.406. The fraction of sp³-hybridized carbons (Fsp3) is 0.333. The van der Waals surface area contributed by atoms with Crippen LogP contribution >= 0.6 is 0 Å². The maximum Gasteiger partial charge on any atom is 0.363 e. The van der Waals surface area contributed by atoms with Gasteiger partial charge in [-0.05, 0) is 61.9 Å². The lowest BCUT2D eigenvalue weighted by atomic mass is 10.1. The summed E-state index contributed by atoms with van der Waals surface area (Å²) in [5.41, 5.74) is 1.33. The molecule has 1 aliphatic rings. The van der Waals surface area contributed by atoms with Crippen LogP contribution in [0.25, 0.3) is 6.08 Å². The zero-order chi connectivity index (χ0) is 24.2. The molecule has 0 saturated heterocycles. The Hall–Kier alpha value is -3.17. The largest absolute Gasteiger partial charge is 0.493 e. The van der Waals surface area contributed by atoms with Gasteiger partial charge in [0.05, 0.1) is 18.1 Å². The molecular weight excluding hydrogens is 444 g/mol. The molecule has 2 aromatic rings. The van der Waals surface area contributed by atoms with Crippen molar-refractivity contribution in [3.05, 3.63) is 59.3 Å². The van der Waals surface area contributed by atoms with E-state index in [-0.39, 0.29) is 22.6 Å². The van der Waals surface area contributed by atoms with Crippen LogP contribution in [-0.4, -0.2) is 50.9 Å². The molecule has 3 rings (SSSR count). The summed E-state index contributed by atoms with van der Waals surface area (Å²) in [6.07, 6.45) is 1.59. The zero-order valence-electron chi connectivity index (χ0n) is 19.4. The maximum atomic E-state index is 12.7. The van der Waals surface area contributed by atoms with Crippen LogP contribution in [0.1, 0.15) is 38.8 Å². The Balaban J connectivity index is 1.86. The molecule has 0 radical (unpaired) electrons. The smallest absolute Gasteiger partial charge is 0.363 e. The fourth-order valence-corrected chi connectivity index (χ4v) is 4.76. The van der Waals surface area contributed by atoms with Crippen LogP contribution in [-0.2, 0) is 19.6 Å². The predicted octanol–water partition coefficient (Wildman–Crippen LogP) is 3.86. The molecule has 0 amide bonds. The van der Waals surface area contributed by atoms with E-state index in [9.17, 15) is 13.2 Å². The van der Waals surface area contributed by atoms with Crippen molar-refractivity contribution >= 4 is 28.0 Å². The van der Waals surface area contributed by atoms with Crippen molar-refractivity contribution in [2.45, 2.75) is 38.7 Å². The van der Waals surface area contributed by atoms with E-state index in [1.54, 1.807) is 57.4 Å². The summed E-state index contributed by atoms with van der Waals surface area (Å²) >= 11 is 0. The van der Waals surface area contributed by atoms with E-state index in [0.29, 0.717) is 35.7 Å². The number of carbonyl (C=O) groups is 1. The van der Waals surface area contributed by atoms with Crippen LogP contribution in [0.5, 0.6) is 11.5 Å². The number of sulfonamides is 1. The Morgan fingerprint density at radius 3 is 2.30 bits per heavy atom. The number of nitrogens with zero attached hydrogens (tertiary/aromatic N) is 2. The summed E-state index contributed by atoms with van der Waals surface area (Å²) in [7, 11) is -2.02. The molecule has 0 aromatic heterocycles. The highest BCUT2D eigenvalue weighted by molar-refractivity contribution is 7.89. The zero-order valence-corrected chi connectivity index (χ0v) is 20.2. The van der Waals surface area contributed by atoms with E-state index < -0.39 is 16.0 Å². The van der Waals surface area contributed by atoms with Gasteiger partial charge in [-0.2, -0.15) is 4.31 Å². The predicted molar refractivity (Wildman–Crippen MR) is 126 cm³/mol. The number of benzene rings is 2. The highest BCUT2D eigenvalue weighted by atomic mass is 32.2. The molecule has 0 bridgehead atoms. The topological polar surface area (TPSA) is 94.5 Å². The number of hydrogen-bond acceptors (Lipinski definition) is 7. The molecule has 176 valence electrons. The monoisotopic (exact) mass is 472 g/mol. The van der Waals surface area contributed by atoms with Gasteiger partial charge in [0, 0.05) is 18.7 Å². The molecule has 1 aliphatic heterocycles. The Morgan fingerprint density at radius 2 is 1.73 bits per heavy atom. The van der Waals surface area contributed by atoms with Crippen LogP contribution in [0.2, 0.25) is 0 Å². The van der Waals surface area contributed by atoms with Crippen molar-refractivity contribution in [3.63, 3.8) is 0 Å². The normalized spacial score (nSPS) is 15.2. The minimum atomic E-state index is -3.57. The van der Waals surface area contributed by atoms with Gasteiger partial charge in [-0.25, -0.2) is 18.2 Å². The molecule has 0 aliphatic carbocycles. The van der Waals surface area contributed by atoms with E-state index in [1.165, 1.54) is 16.4 Å². The van der Waals surface area contributed by atoms with Gasteiger partial charge in [-0.3, -0.25) is 0 Å². The molecule has 8 nitrogen and oxygen atoms in total. The number of aliphatic imine (C=N–C) groups is 1. The van der Waals surface area contributed by atoms with Crippen molar-refractivity contribution in [1.82, 2.24) is 4.31 Å². The van der Waals surface area contributed by atoms with E-state index >= 15 is 0 Å². The van der Waals surface area contributed by atoms with E-state index in [4.69, 9.17) is 14.2 Å². The molecule has 0 atom stereocenters. The van der Waals surface area contributed by atoms with Gasteiger partial charge in [-0.1, -0.05) is 19.9 Å². The number of esters is 1. The van der Waals surface area contributed by atoms with E-state index in [0.717, 1.165) is 0 Å². The minimum absolute atomic E-state index is 0.00605. The Kier molecular flexibility index (Phi) is 7.55. The van der Waals surface area contributed by atoms with Crippen molar-refractivity contribution in [2.75, 3.05) is 20.2 Å². The minimum Gasteiger partial charge on any atom is -0.493 e. The van der Waals surface area contributed by atoms with Gasteiger partial charge in [0.15, 0.2) is 17.2 Å². The summed E-state index contributed by atoms with van der Waals surface area (Å²) in [4.78, 5) is 16.8. The van der Waals surface area contributed by atoms with Gasteiger partial charge in [0.1, 0.15) is 0 Å². The molecule has 9 heteroatoms. The third kappa shape index (κ3) is 5.43. The lowest BCUT2D eigenvalue weighted by Gasteiger charge is -2.18. The summed E-state index contributed by atoms with van der Waals surface area (Å²) in [6.45, 7) is 8.19. The maximum absolute atomic E-state index is 12.7. The average molecular weight is 473 g/mol. The van der Waals surface area contributed by atoms with Gasteiger partial charge in [0.25, 0.3) is 0 Å². The Morgan fingerprint density at radius 1 is 1.06 bits per heavy atom. The molecule has 0 N–H and O–H groups in total. The third-order valence-corrected chi connectivity index (χ3v) is 6.98. The van der Waals surface area contributed by atoms with Gasteiger partial charge in [-0.15, -0.1) is 0 Å². The van der Waals surface area contributed by atoms with Crippen molar-refractivity contribution < 1.29 is 27.4 Å². The van der Waals surface area contributed by atoms with Crippen molar-refractivity contribution in [3.8, 4) is 11.5 Å². The first-order valence-electron chi connectivity index (χ1n) is 10.7. The van der Waals surface area contributed by atoms with Crippen molar-refractivity contribution in [2.24, 2.45) is 4.99 Å². The van der Waals surface area contributed by atoms with Crippen LogP contribution in [0.3, 0.4) is 0 Å². The second-order valence-corrected chi connectivity index (χ2v) is 9.46. The number of rotatable bonds is 9. The van der Waals surface area contributed by atoms with Crippen LogP contribution in [0.15, 0.2) is 58.0 Å². The second kappa shape index (κ2) is 10.2. The molecular formula is C24H28N2O6S. The van der Waals surface area contributed by atoms with Crippen molar-refractivity contribution in [1.29, 1.82) is 0 Å². The number of methoxy groups -OCH3 is 1. The summed E-state index contributed by atoms with van der Waals surface area (Å²) in [5, 5.41) is 0. The average Bonchev–Trinajstić information content (AvgIpc) is 3.15. The molecule has 0 fully saturated rings. The number of hydrogen-bond donors (Lipinski definition) is 0. The first kappa shape index (κ1) is 24.5. The van der Waals surface area contributed by atoms with Gasteiger partial charge < -0.3 is 14.2 Å². The second-order valence-electron chi connectivity index (χ2n) is 7.53. The first-order chi connectivity index (χ1) is 15.7. The fourth-order valence-electron chi connectivity index (χ4n) is 3.30. The number of ether oxygens (including phenoxy) is 3. The van der Waals surface area contributed by atoms with Gasteiger partial charge >= 0.3 is 5.97 Å². The highest BCUT2D eigenvalue weighted by Gasteiger charge is 2.26. The van der Waals surface area contributed by atoms with Crippen LogP contribution in [0.4, 0.5) is 0 Å². The number of carbonyl (C=O) groups excluding carboxylic acids is 1. The molecule has 1 heterocycles.